The van der Waals surface area contributed by atoms with E-state index in [1.165, 1.54) is 12.2 Å². The fourth-order valence-corrected chi connectivity index (χ4v) is 0.349. The Bertz CT molecular complexity index is 117. The third-order valence-corrected chi connectivity index (χ3v) is 1.40. The van der Waals surface area contributed by atoms with E-state index in [1.54, 1.807) is 0 Å². The van der Waals surface area contributed by atoms with E-state index in [2.05, 4.69) is 13.2 Å². The van der Waals surface area contributed by atoms with Crippen molar-refractivity contribution in [3.63, 3.8) is 0 Å². The molecule has 0 aliphatic rings. The molecule has 0 rings (SSSR count). The van der Waals surface area contributed by atoms with E-state index in [4.69, 9.17) is 23.2 Å². The van der Waals surface area contributed by atoms with Gasteiger partial charge in [0.1, 0.15) is 0 Å². The van der Waals surface area contributed by atoms with Crippen LogP contribution in [0, 0.1) is 0 Å². The third-order valence-electron chi connectivity index (χ3n) is 0.587. The van der Waals surface area contributed by atoms with Crippen molar-refractivity contribution in [2.45, 2.75) is 0 Å². The van der Waals surface area contributed by atoms with E-state index in [0.29, 0.717) is 10.1 Å². The largest absolute Gasteiger partial charge is 0.0975 e. The lowest BCUT2D eigenvalue weighted by Gasteiger charge is -1.86. The van der Waals surface area contributed by atoms with Gasteiger partial charge >= 0.3 is 0 Å². The average Bonchev–Trinajstić information content (AvgIpc) is 1.84. The van der Waals surface area contributed by atoms with Gasteiger partial charge in [-0.05, 0) is 12.2 Å². The number of rotatable bonds is 2. The van der Waals surface area contributed by atoms with Crippen LogP contribution in [0.1, 0.15) is 0 Å². The lowest BCUT2D eigenvalue weighted by Crippen LogP contribution is -1.64. The molecule has 0 heterocycles. The molecule has 0 nitrogen and oxygen atoms in total. The van der Waals surface area contributed by atoms with Crippen LogP contribution in [-0.2, 0) is 0 Å². The summed E-state index contributed by atoms with van der Waals surface area (Å²) in [6.45, 7) is 6.82. The van der Waals surface area contributed by atoms with Gasteiger partial charge in [-0.3, -0.25) is 0 Å². The molecule has 0 aliphatic heterocycles. The van der Waals surface area contributed by atoms with Gasteiger partial charge in [0.05, 0.1) is 10.1 Å². The molecule has 0 bridgehead atoms. The zero-order valence-electron chi connectivity index (χ0n) is 4.32. The lowest BCUT2D eigenvalue weighted by atomic mass is 10.5. The summed E-state index contributed by atoms with van der Waals surface area (Å²) in [5, 5.41) is 0.864. The van der Waals surface area contributed by atoms with Crippen LogP contribution in [0.15, 0.2) is 35.4 Å². The summed E-state index contributed by atoms with van der Waals surface area (Å²) in [5.74, 6) is 0. The third kappa shape index (κ3) is 2.20. The predicted octanol–water partition coefficient (Wildman–Crippen LogP) is 3.05. The summed E-state index contributed by atoms with van der Waals surface area (Å²) >= 11 is 10.9. The van der Waals surface area contributed by atoms with Crippen LogP contribution in [-0.4, -0.2) is 0 Å². The number of hydrogen-bond acceptors (Lipinski definition) is 0. The molecule has 0 atom stereocenters. The van der Waals surface area contributed by atoms with Gasteiger partial charge in [0.2, 0.25) is 0 Å². The molecule has 44 valence electrons. The minimum atomic E-state index is 0.432. The predicted molar refractivity (Wildman–Crippen MR) is 39.1 cm³/mol. The summed E-state index contributed by atoms with van der Waals surface area (Å²) in [5.41, 5.74) is 0. The fraction of sp³-hybridized carbons (Fsp3) is 0. The number of hydrogen-bond donors (Lipinski definition) is 0. The summed E-state index contributed by atoms with van der Waals surface area (Å²) < 4.78 is 0. The summed E-state index contributed by atoms with van der Waals surface area (Å²) in [6.07, 6.45) is 2.93. The van der Waals surface area contributed by atoms with Gasteiger partial charge in [-0.15, -0.1) is 0 Å². The van der Waals surface area contributed by atoms with Crippen LogP contribution in [0.5, 0.6) is 0 Å². The molecule has 0 spiro atoms. The highest BCUT2D eigenvalue weighted by atomic mass is 35.5. The van der Waals surface area contributed by atoms with Crippen molar-refractivity contribution in [1.82, 2.24) is 0 Å². The molecule has 0 N–H and O–H groups in total. The molecule has 0 saturated heterocycles. The molecule has 0 aromatic carbocycles. The van der Waals surface area contributed by atoms with Gasteiger partial charge in [-0.2, -0.15) is 0 Å². The molecule has 0 aromatic rings. The Hall–Kier alpha value is -0.200. The average molecular weight is 149 g/mol. The van der Waals surface area contributed by atoms with E-state index in [0.717, 1.165) is 0 Å². The highest BCUT2D eigenvalue weighted by Crippen LogP contribution is 2.14. The fourth-order valence-electron chi connectivity index (χ4n) is 0.195. The second-order valence-corrected chi connectivity index (χ2v) is 1.92. The molecule has 0 amide bonds. The molecule has 0 saturated carbocycles. The Morgan fingerprint density at radius 3 is 1.38 bits per heavy atom. The monoisotopic (exact) mass is 148 g/mol. The topological polar surface area (TPSA) is 0 Å². The van der Waals surface area contributed by atoms with Gasteiger partial charge in [-0.1, -0.05) is 36.4 Å². The van der Waals surface area contributed by atoms with Crippen molar-refractivity contribution in [1.29, 1.82) is 0 Å². The molecule has 0 unspecified atom stereocenters. The van der Waals surface area contributed by atoms with E-state index >= 15 is 0 Å². The molecule has 2 heteroatoms. The van der Waals surface area contributed by atoms with Crippen LogP contribution >= 0.6 is 23.2 Å². The van der Waals surface area contributed by atoms with Crippen LogP contribution in [0.3, 0.4) is 0 Å². The van der Waals surface area contributed by atoms with Crippen LogP contribution in [0.25, 0.3) is 0 Å². The minimum Gasteiger partial charge on any atom is -0.0975 e. The van der Waals surface area contributed by atoms with E-state index < -0.39 is 0 Å². The number of allylic oxidation sites excluding steroid dienone is 4. The molecular weight excluding hydrogens is 143 g/mol. The zero-order valence-corrected chi connectivity index (χ0v) is 5.84. The standard InChI is InChI=1S/C6H6Cl2/c1-3-5(7)6(8)4-2/h3-4H,1-2H2. The van der Waals surface area contributed by atoms with Crippen LogP contribution < -0.4 is 0 Å². The SMILES string of the molecule is C=CC(Cl)=C(Cl)C=C. The van der Waals surface area contributed by atoms with Crippen molar-refractivity contribution >= 4 is 23.2 Å². The lowest BCUT2D eigenvalue weighted by molar-refractivity contribution is 1.83. The molecule has 0 aromatic heterocycles. The highest BCUT2D eigenvalue weighted by Gasteiger charge is 1.88. The summed E-state index contributed by atoms with van der Waals surface area (Å²) in [6, 6.07) is 0. The Morgan fingerprint density at radius 2 is 1.25 bits per heavy atom. The first-order chi connectivity index (χ1) is 3.72. The second-order valence-electron chi connectivity index (χ2n) is 1.10. The molecule has 0 fully saturated rings. The Morgan fingerprint density at radius 1 is 1.00 bits per heavy atom. The van der Waals surface area contributed by atoms with Crippen molar-refractivity contribution in [3.05, 3.63) is 35.4 Å². The normalized spacial score (nSPS) is 12.2. The maximum Gasteiger partial charge on any atom is 0.0586 e. The van der Waals surface area contributed by atoms with E-state index in [-0.39, 0.29) is 0 Å². The maximum absolute atomic E-state index is 5.47. The molecule has 0 aliphatic carbocycles. The summed E-state index contributed by atoms with van der Waals surface area (Å²) in [4.78, 5) is 0. The highest BCUT2D eigenvalue weighted by molar-refractivity contribution is 6.41. The number of halogens is 2. The van der Waals surface area contributed by atoms with Crippen molar-refractivity contribution < 1.29 is 0 Å². The van der Waals surface area contributed by atoms with Crippen LogP contribution in [0.4, 0.5) is 0 Å². The van der Waals surface area contributed by atoms with Gasteiger partial charge in [-0.25, -0.2) is 0 Å². The molecule has 8 heavy (non-hydrogen) atoms. The summed E-state index contributed by atoms with van der Waals surface area (Å²) in [7, 11) is 0. The first-order valence-corrected chi connectivity index (χ1v) is 2.78. The Labute approximate surface area is 59.1 Å². The smallest absolute Gasteiger partial charge is 0.0586 e. The van der Waals surface area contributed by atoms with E-state index in [9.17, 15) is 0 Å². The van der Waals surface area contributed by atoms with Crippen molar-refractivity contribution in [2.24, 2.45) is 0 Å². The first kappa shape index (κ1) is 7.80. The Balaban J connectivity index is 4.25. The molecule has 0 radical (unpaired) electrons. The van der Waals surface area contributed by atoms with Crippen molar-refractivity contribution in [3.8, 4) is 0 Å². The van der Waals surface area contributed by atoms with Gasteiger partial charge in [0.25, 0.3) is 0 Å². The van der Waals surface area contributed by atoms with E-state index in [1.807, 2.05) is 0 Å². The quantitative estimate of drug-likeness (QED) is 0.529. The molecular formula is C6H6Cl2. The first-order valence-electron chi connectivity index (χ1n) is 2.02. The zero-order chi connectivity index (χ0) is 6.57. The van der Waals surface area contributed by atoms with Gasteiger partial charge in [0.15, 0.2) is 0 Å². The van der Waals surface area contributed by atoms with Crippen LogP contribution in [0.2, 0.25) is 0 Å². The van der Waals surface area contributed by atoms with Gasteiger partial charge in [0, 0.05) is 0 Å². The second kappa shape index (κ2) is 3.76. The van der Waals surface area contributed by atoms with Crippen molar-refractivity contribution in [2.75, 3.05) is 0 Å². The Kier molecular flexibility index (Phi) is 3.67. The van der Waals surface area contributed by atoms with Gasteiger partial charge < -0.3 is 0 Å². The maximum atomic E-state index is 5.47. The minimum absolute atomic E-state index is 0.432.